The number of carbonyl (C=O) groups is 4. The number of hydrogen-bond donors (Lipinski definition) is 2. The Kier molecular flexibility index (Phi) is 13.5. The van der Waals surface area contributed by atoms with Crippen molar-refractivity contribution in [3.63, 3.8) is 0 Å². The number of rotatable bonds is 11. The highest BCUT2D eigenvalue weighted by atomic mass is 19.4. The van der Waals surface area contributed by atoms with E-state index in [1.54, 1.807) is 18.2 Å². The zero-order chi connectivity index (χ0) is 42.1. The molecule has 5 aromatic rings. The van der Waals surface area contributed by atoms with Gasteiger partial charge in [-0.2, -0.15) is 13.2 Å². The number of aryl methyl sites for hydroxylation is 1. The van der Waals surface area contributed by atoms with Gasteiger partial charge < -0.3 is 34.1 Å². The third-order valence-corrected chi connectivity index (χ3v) is 8.92. The molecule has 1 aliphatic rings. The first-order chi connectivity index (χ1) is 27.5. The van der Waals surface area contributed by atoms with Crippen molar-refractivity contribution in [2.75, 3.05) is 38.1 Å². The summed E-state index contributed by atoms with van der Waals surface area (Å²) in [6, 6.07) is 18.6. The summed E-state index contributed by atoms with van der Waals surface area (Å²) in [4.78, 5) is 59.7. The second-order valence-electron chi connectivity index (χ2n) is 13.5. The maximum atomic E-state index is 13.6. The molecule has 0 saturated carbocycles. The predicted molar refractivity (Wildman–Crippen MR) is 207 cm³/mol. The summed E-state index contributed by atoms with van der Waals surface area (Å²) in [5.74, 6) is -1.62. The normalized spacial score (nSPS) is 13.3. The number of fused-ring (bicyclic) bond motifs is 1. The predicted octanol–water partition coefficient (Wildman–Crippen LogP) is 6.51. The van der Waals surface area contributed by atoms with E-state index in [9.17, 15) is 32.3 Å². The molecular formula is C41H41F3N6O8. The third kappa shape index (κ3) is 11.2. The molecule has 1 saturated heterocycles. The van der Waals surface area contributed by atoms with Crippen LogP contribution in [0.3, 0.4) is 0 Å². The van der Waals surface area contributed by atoms with Crippen molar-refractivity contribution in [3.8, 4) is 17.5 Å². The molecule has 17 heteroatoms. The molecule has 0 atom stereocenters. The van der Waals surface area contributed by atoms with Gasteiger partial charge in [0, 0.05) is 93.8 Å². The standard InChI is InChI=1S/C37H37F3N6O4.C4H4O4/c1-24(2)49-33-13-5-25(21-41-33)23-45-15-17-46(18-16-45)36(48)32-20-27-19-30(11-12-31(27)44(32)4)50-34-14-10-29(22-42-34)43(3)35(47)26-6-8-28(9-7-26)37(38,39)40;5-3(6)1-2-4(7)8/h5-14,19-22,24H,15-18,23H2,1-4H3;1-2H,(H,5,6)(H,7,8)/b;2-1-. The Labute approximate surface area is 331 Å². The smallest absolute Gasteiger partial charge is 0.416 e. The van der Waals surface area contributed by atoms with Crippen molar-refractivity contribution in [1.29, 1.82) is 0 Å². The first-order valence-electron chi connectivity index (χ1n) is 17.9. The number of aromatic nitrogens is 3. The van der Waals surface area contributed by atoms with E-state index < -0.39 is 29.6 Å². The van der Waals surface area contributed by atoms with E-state index in [0.717, 1.165) is 60.4 Å². The summed E-state index contributed by atoms with van der Waals surface area (Å²) in [5, 5.41) is 16.5. The number of amides is 2. The van der Waals surface area contributed by atoms with Gasteiger partial charge in [0.25, 0.3) is 11.8 Å². The molecule has 58 heavy (non-hydrogen) atoms. The van der Waals surface area contributed by atoms with Crippen LogP contribution in [-0.4, -0.2) is 97.6 Å². The molecular weight excluding hydrogens is 761 g/mol. The monoisotopic (exact) mass is 802 g/mol. The average molecular weight is 803 g/mol. The molecule has 0 aliphatic carbocycles. The fraction of sp³-hybridized carbons (Fsp3) is 0.268. The maximum absolute atomic E-state index is 13.6. The van der Waals surface area contributed by atoms with Crippen LogP contribution in [0.5, 0.6) is 17.5 Å². The molecule has 304 valence electrons. The highest BCUT2D eigenvalue weighted by Crippen LogP contribution is 2.31. The van der Waals surface area contributed by atoms with Gasteiger partial charge in [-0.25, -0.2) is 19.6 Å². The lowest BCUT2D eigenvalue weighted by molar-refractivity contribution is -0.137. The number of benzene rings is 2. The summed E-state index contributed by atoms with van der Waals surface area (Å²) in [6.45, 7) is 7.42. The van der Waals surface area contributed by atoms with E-state index in [-0.39, 0.29) is 23.5 Å². The Hall–Kier alpha value is -6.75. The number of carbonyl (C=O) groups excluding carboxylic acids is 2. The summed E-state index contributed by atoms with van der Waals surface area (Å²) in [7, 11) is 3.38. The number of halogens is 3. The van der Waals surface area contributed by atoms with Crippen LogP contribution < -0.4 is 14.4 Å². The van der Waals surface area contributed by atoms with Gasteiger partial charge in [0.15, 0.2) is 0 Å². The van der Waals surface area contributed by atoms with Crippen LogP contribution in [0.1, 0.15) is 45.8 Å². The van der Waals surface area contributed by atoms with Crippen molar-refractivity contribution in [3.05, 3.63) is 120 Å². The lowest BCUT2D eigenvalue weighted by Gasteiger charge is -2.34. The molecule has 2 amide bonds. The van der Waals surface area contributed by atoms with E-state index in [1.165, 1.54) is 18.1 Å². The highest BCUT2D eigenvalue weighted by Gasteiger charge is 2.30. The van der Waals surface area contributed by atoms with Gasteiger partial charge in [-0.05, 0) is 74.0 Å². The first-order valence-corrected chi connectivity index (χ1v) is 17.9. The highest BCUT2D eigenvalue weighted by molar-refractivity contribution is 6.05. The Morgan fingerprint density at radius 2 is 1.48 bits per heavy atom. The van der Waals surface area contributed by atoms with Crippen molar-refractivity contribution in [2.24, 2.45) is 7.05 Å². The number of alkyl halides is 3. The van der Waals surface area contributed by atoms with Crippen molar-refractivity contribution in [1.82, 2.24) is 24.3 Å². The van der Waals surface area contributed by atoms with Crippen LogP contribution in [-0.2, 0) is 29.4 Å². The lowest BCUT2D eigenvalue weighted by atomic mass is 10.1. The molecule has 1 aliphatic heterocycles. The maximum Gasteiger partial charge on any atom is 0.416 e. The Bertz CT molecular complexity index is 2250. The lowest BCUT2D eigenvalue weighted by Crippen LogP contribution is -2.48. The van der Waals surface area contributed by atoms with Crippen molar-refractivity contribution >= 4 is 40.3 Å². The molecule has 0 bridgehead atoms. The molecule has 6 rings (SSSR count). The second kappa shape index (κ2) is 18.5. The van der Waals surface area contributed by atoms with Crippen LogP contribution >= 0.6 is 0 Å². The third-order valence-electron chi connectivity index (χ3n) is 8.92. The van der Waals surface area contributed by atoms with Crippen LogP contribution in [0.15, 0.2) is 97.3 Å². The van der Waals surface area contributed by atoms with Crippen LogP contribution in [0.2, 0.25) is 0 Å². The Morgan fingerprint density at radius 1 is 0.845 bits per heavy atom. The fourth-order valence-electron chi connectivity index (χ4n) is 5.95. The van der Waals surface area contributed by atoms with Gasteiger partial charge in [0.1, 0.15) is 11.4 Å². The van der Waals surface area contributed by atoms with Gasteiger partial charge in [0.05, 0.1) is 23.6 Å². The van der Waals surface area contributed by atoms with Crippen LogP contribution in [0.4, 0.5) is 18.9 Å². The molecule has 3 aromatic heterocycles. The van der Waals surface area contributed by atoms with E-state index in [0.29, 0.717) is 48.3 Å². The molecule has 14 nitrogen and oxygen atoms in total. The van der Waals surface area contributed by atoms with Gasteiger partial charge in [-0.1, -0.05) is 6.07 Å². The molecule has 0 radical (unpaired) electrons. The quantitative estimate of drug-likeness (QED) is 0.140. The second-order valence-corrected chi connectivity index (χ2v) is 13.5. The number of ether oxygens (including phenoxy) is 2. The number of aliphatic carboxylic acids is 2. The van der Waals surface area contributed by atoms with E-state index >= 15 is 0 Å². The number of nitrogens with zero attached hydrogens (tertiary/aromatic N) is 6. The van der Waals surface area contributed by atoms with Gasteiger partial charge >= 0.3 is 18.1 Å². The van der Waals surface area contributed by atoms with Crippen LogP contribution in [0, 0.1) is 0 Å². The van der Waals surface area contributed by atoms with E-state index in [2.05, 4.69) is 14.9 Å². The molecule has 2 aromatic carbocycles. The summed E-state index contributed by atoms with van der Waals surface area (Å²) < 4.78 is 52.2. The number of carboxylic acid groups (broad SMARTS) is 2. The van der Waals surface area contributed by atoms with Crippen LogP contribution in [0.25, 0.3) is 10.9 Å². The SMILES string of the molecule is CC(C)Oc1ccc(CN2CCN(C(=O)c3cc4cc(Oc5ccc(N(C)C(=O)c6ccc(C(F)(F)F)cc6)cn5)ccc4n3C)CC2)cn1.O=C(O)/C=C\C(=O)O. The number of piperazine rings is 1. The van der Waals surface area contributed by atoms with Gasteiger partial charge in [0.2, 0.25) is 11.8 Å². The minimum atomic E-state index is -4.48. The molecule has 2 N–H and O–H groups in total. The Balaban J connectivity index is 0.000000725. The van der Waals surface area contributed by atoms with Gasteiger partial charge in [-0.15, -0.1) is 0 Å². The summed E-state index contributed by atoms with van der Waals surface area (Å²) >= 11 is 0. The zero-order valence-corrected chi connectivity index (χ0v) is 32.0. The van der Waals surface area contributed by atoms with E-state index in [1.807, 2.05) is 66.9 Å². The van der Waals surface area contributed by atoms with Crippen molar-refractivity contribution < 1.29 is 52.0 Å². The molecule has 0 spiro atoms. The molecule has 1 fully saturated rings. The average Bonchev–Trinajstić information content (AvgIpc) is 3.52. The largest absolute Gasteiger partial charge is 0.478 e. The number of anilines is 1. The topological polar surface area (TPSA) is 168 Å². The van der Waals surface area contributed by atoms with E-state index in [4.69, 9.17) is 19.7 Å². The fourth-order valence-corrected chi connectivity index (χ4v) is 5.95. The number of hydrogen-bond acceptors (Lipinski definition) is 9. The summed E-state index contributed by atoms with van der Waals surface area (Å²) in [5.41, 5.74) is 2.28. The van der Waals surface area contributed by atoms with Crippen molar-refractivity contribution in [2.45, 2.75) is 32.7 Å². The Morgan fingerprint density at radius 3 is 2.03 bits per heavy atom. The van der Waals surface area contributed by atoms with Gasteiger partial charge in [-0.3, -0.25) is 14.5 Å². The molecule has 0 unspecified atom stereocenters. The summed E-state index contributed by atoms with van der Waals surface area (Å²) in [6.07, 6.45) is -0.00745. The minimum Gasteiger partial charge on any atom is -0.478 e. The number of pyridine rings is 2. The molecule has 4 heterocycles. The minimum absolute atomic E-state index is 0.0325. The first kappa shape index (κ1) is 42.4. The zero-order valence-electron chi connectivity index (χ0n) is 32.0. The number of carboxylic acids is 2.